The fraction of sp³-hybridized carbons (Fsp3) is 0.545. The van der Waals surface area contributed by atoms with Crippen molar-refractivity contribution in [2.45, 2.75) is 31.5 Å². The summed E-state index contributed by atoms with van der Waals surface area (Å²) in [5.74, 6) is 0.677. The van der Waals surface area contributed by atoms with Crippen molar-refractivity contribution in [3.8, 4) is 0 Å². The monoisotopic (exact) mass is 346 g/mol. The first-order valence-corrected chi connectivity index (χ1v) is 7.23. The van der Waals surface area contributed by atoms with E-state index < -0.39 is 6.04 Å². The van der Waals surface area contributed by atoms with Gasteiger partial charge in [-0.3, -0.25) is 0 Å². The first-order chi connectivity index (χ1) is 9.20. The number of halogens is 2. The molecule has 2 aliphatic heterocycles. The lowest BCUT2D eigenvalue weighted by Gasteiger charge is -2.26. The molecule has 1 aromatic rings. The number of nitrogens with one attached hydrogen (secondary N) is 1. The number of anilines is 1. The Morgan fingerprint density at radius 2 is 2.37 bits per heavy atom. The van der Waals surface area contributed by atoms with Gasteiger partial charge in [-0.25, -0.2) is 9.67 Å². The van der Waals surface area contributed by atoms with Gasteiger partial charge in [-0.05, 0) is 46.8 Å². The maximum absolute atomic E-state index is 11.1. The van der Waals surface area contributed by atoms with Gasteiger partial charge in [-0.2, -0.15) is 5.10 Å². The SMILES string of the molecule is O=CC1N=C(Cl)Nc2c1c(Br)nn2C1CCCCO1. The van der Waals surface area contributed by atoms with Crippen molar-refractivity contribution in [2.75, 3.05) is 11.9 Å². The zero-order valence-corrected chi connectivity index (χ0v) is 12.3. The number of aliphatic imine (C=N–C) groups is 1. The highest BCUT2D eigenvalue weighted by molar-refractivity contribution is 9.10. The van der Waals surface area contributed by atoms with Crippen molar-refractivity contribution >= 4 is 44.9 Å². The first-order valence-electron chi connectivity index (χ1n) is 6.06. The minimum absolute atomic E-state index is 0.129. The molecule has 0 bridgehead atoms. The molecule has 0 spiro atoms. The summed E-state index contributed by atoms with van der Waals surface area (Å²) < 4.78 is 8.05. The van der Waals surface area contributed by atoms with E-state index in [-0.39, 0.29) is 11.5 Å². The van der Waals surface area contributed by atoms with Gasteiger partial charge in [0, 0.05) is 6.61 Å². The standard InChI is InChI=1S/C11H12BrClN4O2/c12-9-8-6(5-18)14-11(13)15-10(8)17(16-9)7-3-1-2-4-19-7/h5-7H,1-4H2,(H,14,15). The lowest BCUT2D eigenvalue weighted by Crippen LogP contribution is -2.24. The van der Waals surface area contributed by atoms with E-state index in [0.717, 1.165) is 32.2 Å². The van der Waals surface area contributed by atoms with E-state index in [4.69, 9.17) is 16.3 Å². The Balaban J connectivity index is 2.02. The van der Waals surface area contributed by atoms with Crippen LogP contribution >= 0.6 is 27.5 Å². The van der Waals surface area contributed by atoms with Crippen molar-refractivity contribution in [2.24, 2.45) is 4.99 Å². The van der Waals surface area contributed by atoms with Gasteiger partial charge < -0.3 is 14.8 Å². The van der Waals surface area contributed by atoms with E-state index in [2.05, 4.69) is 31.3 Å². The van der Waals surface area contributed by atoms with Gasteiger partial charge in [0.05, 0.1) is 5.56 Å². The second kappa shape index (κ2) is 5.22. The molecule has 0 radical (unpaired) electrons. The number of nitrogens with zero attached hydrogens (tertiary/aromatic N) is 3. The Labute approximate surface area is 123 Å². The molecule has 2 aliphatic rings. The molecule has 1 aromatic heterocycles. The number of aromatic nitrogens is 2. The fourth-order valence-electron chi connectivity index (χ4n) is 2.35. The van der Waals surface area contributed by atoms with Gasteiger partial charge in [-0.1, -0.05) is 0 Å². The Morgan fingerprint density at radius 1 is 1.53 bits per heavy atom. The highest BCUT2D eigenvalue weighted by atomic mass is 79.9. The normalized spacial score (nSPS) is 26.3. The number of aldehydes is 1. The quantitative estimate of drug-likeness (QED) is 0.659. The molecule has 0 amide bonds. The molecular formula is C11H12BrClN4O2. The minimum atomic E-state index is -0.629. The van der Waals surface area contributed by atoms with Gasteiger partial charge in [0.15, 0.2) is 11.5 Å². The molecule has 0 aliphatic carbocycles. The molecule has 3 rings (SSSR count). The smallest absolute Gasteiger partial charge is 0.197 e. The van der Waals surface area contributed by atoms with Crippen molar-refractivity contribution in [1.29, 1.82) is 0 Å². The number of carbonyl (C=O) groups excluding carboxylic acids is 1. The number of hydrogen-bond donors (Lipinski definition) is 1. The van der Waals surface area contributed by atoms with E-state index in [1.807, 2.05) is 0 Å². The molecule has 8 heteroatoms. The van der Waals surface area contributed by atoms with Crippen LogP contribution < -0.4 is 5.32 Å². The van der Waals surface area contributed by atoms with Crippen molar-refractivity contribution < 1.29 is 9.53 Å². The maximum Gasteiger partial charge on any atom is 0.197 e. The van der Waals surface area contributed by atoms with Gasteiger partial charge in [0.2, 0.25) is 0 Å². The van der Waals surface area contributed by atoms with Crippen LogP contribution in [0.3, 0.4) is 0 Å². The lowest BCUT2D eigenvalue weighted by molar-refractivity contribution is -0.108. The molecule has 0 aromatic carbocycles. The van der Waals surface area contributed by atoms with E-state index in [1.165, 1.54) is 0 Å². The number of rotatable bonds is 2. The summed E-state index contributed by atoms with van der Waals surface area (Å²) in [7, 11) is 0. The summed E-state index contributed by atoms with van der Waals surface area (Å²) >= 11 is 9.29. The van der Waals surface area contributed by atoms with Crippen LogP contribution in [0.25, 0.3) is 0 Å². The molecule has 3 heterocycles. The Morgan fingerprint density at radius 3 is 3.05 bits per heavy atom. The number of hydrogen-bond acceptors (Lipinski definition) is 5. The maximum atomic E-state index is 11.1. The molecule has 0 saturated carbocycles. The van der Waals surface area contributed by atoms with Crippen LogP contribution in [0.5, 0.6) is 0 Å². The van der Waals surface area contributed by atoms with Crippen LogP contribution in [0.2, 0.25) is 0 Å². The van der Waals surface area contributed by atoms with Crippen LogP contribution in [0, 0.1) is 0 Å². The molecule has 2 unspecified atom stereocenters. The molecule has 2 atom stereocenters. The van der Waals surface area contributed by atoms with E-state index in [0.29, 0.717) is 16.0 Å². The number of carbonyl (C=O) groups is 1. The number of amidine groups is 1. The van der Waals surface area contributed by atoms with Crippen molar-refractivity contribution in [3.63, 3.8) is 0 Å². The van der Waals surface area contributed by atoms with E-state index in [9.17, 15) is 4.79 Å². The van der Waals surface area contributed by atoms with Crippen LogP contribution in [0.1, 0.15) is 37.1 Å². The second-order valence-corrected chi connectivity index (χ2v) is 5.55. The van der Waals surface area contributed by atoms with Crippen LogP contribution in [0.15, 0.2) is 9.60 Å². The Hall–Kier alpha value is -0.920. The summed E-state index contributed by atoms with van der Waals surface area (Å²) in [5, 5.41) is 7.55. The molecule has 102 valence electrons. The molecular weight excluding hydrogens is 336 g/mol. The third-order valence-electron chi connectivity index (χ3n) is 3.23. The van der Waals surface area contributed by atoms with Crippen LogP contribution in [-0.4, -0.2) is 28.0 Å². The highest BCUT2D eigenvalue weighted by Crippen LogP contribution is 2.38. The topological polar surface area (TPSA) is 68.5 Å². The summed E-state index contributed by atoms with van der Waals surface area (Å²) in [6, 6.07) is -0.629. The zero-order valence-electron chi connectivity index (χ0n) is 9.97. The third-order valence-corrected chi connectivity index (χ3v) is 4.01. The molecule has 1 N–H and O–H groups in total. The number of fused-ring (bicyclic) bond motifs is 1. The number of ether oxygens (including phenoxy) is 1. The predicted molar refractivity (Wildman–Crippen MR) is 74.5 cm³/mol. The van der Waals surface area contributed by atoms with Crippen molar-refractivity contribution in [1.82, 2.24) is 9.78 Å². The molecule has 1 fully saturated rings. The average Bonchev–Trinajstić information content (AvgIpc) is 2.76. The van der Waals surface area contributed by atoms with Gasteiger partial charge in [0.25, 0.3) is 0 Å². The second-order valence-electron chi connectivity index (χ2n) is 4.44. The minimum Gasteiger partial charge on any atom is -0.356 e. The predicted octanol–water partition coefficient (Wildman–Crippen LogP) is 2.61. The molecule has 6 nitrogen and oxygen atoms in total. The summed E-state index contributed by atoms with van der Waals surface area (Å²) in [6.07, 6.45) is 3.67. The van der Waals surface area contributed by atoms with Crippen molar-refractivity contribution in [3.05, 3.63) is 10.2 Å². The zero-order chi connectivity index (χ0) is 13.4. The third kappa shape index (κ3) is 2.30. The Kier molecular flexibility index (Phi) is 3.60. The summed E-state index contributed by atoms with van der Waals surface area (Å²) in [4.78, 5) is 15.2. The van der Waals surface area contributed by atoms with Crippen LogP contribution in [0.4, 0.5) is 5.82 Å². The summed E-state index contributed by atoms with van der Waals surface area (Å²) in [6.45, 7) is 0.718. The largest absolute Gasteiger partial charge is 0.356 e. The van der Waals surface area contributed by atoms with E-state index >= 15 is 0 Å². The summed E-state index contributed by atoms with van der Waals surface area (Å²) in [5.41, 5.74) is 0.702. The van der Waals surface area contributed by atoms with E-state index in [1.54, 1.807) is 4.68 Å². The average molecular weight is 348 g/mol. The first kappa shape index (κ1) is 13.1. The fourth-order valence-corrected chi connectivity index (χ4v) is 3.13. The van der Waals surface area contributed by atoms with Crippen LogP contribution in [-0.2, 0) is 9.53 Å². The Bertz CT molecular complexity index is 539. The lowest BCUT2D eigenvalue weighted by atomic mass is 10.1. The van der Waals surface area contributed by atoms with Gasteiger partial charge in [0.1, 0.15) is 22.7 Å². The molecule has 1 saturated heterocycles. The highest BCUT2D eigenvalue weighted by Gasteiger charge is 2.31. The van der Waals surface area contributed by atoms with Gasteiger partial charge >= 0.3 is 0 Å². The van der Waals surface area contributed by atoms with Gasteiger partial charge in [-0.15, -0.1) is 0 Å². The molecule has 19 heavy (non-hydrogen) atoms.